The summed E-state index contributed by atoms with van der Waals surface area (Å²) in [5, 5.41) is 10.9. The number of hydrogen-bond acceptors (Lipinski definition) is 7. The molecule has 0 atom stereocenters. The van der Waals surface area contributed by atoms with E-state index >= 15 is 0 Å². The van der Waals surface area contributed by atoms with Gasteiger partial charge in [-0.2, -0.15) is 0 Å². The van der Waals surface area contributed by atoms with Crippen LogP contribution in [0.1, 0.15) is 15.9 Å². The number of carbonyl (C=O) groups excluding carboxylic acids is 1. The standard InChI is InChI=1S/C29H32N2O4S/c1-30(2)15-17-34-23-10-5-20(6-11-23)28(33)27-25-14-9-22(32)19-26(25)36-29(27)21-7-12-24(13-8-21)35-18-16-31(3)4/h5-14,19,32H,15-18H2,1-4H3. The third kappa shape index (κ3) is 6.23. The van der Waals surface area contributed by atoms with Gasteiger partial charge in [0.25, 0.3) is 0 Å². The molecule has 4 aromatic rings. The minimum absolute atomic E-state index is 0.0620. The molecule has 0 radical (unpaired) electrons. The second-order valence-electron chi connectivity index (χ2n) is 9.17. The molecule has 0 spiro atoms. The highest BCUT2D eigenvalue weighted by Crippen LogP contribution is 2.41. The van der Waals surface area contributed by atoms with Gasteiger partial charge in [0, 0.05) is 39.2 Å². The number of benzene rings is 3. The Hall–Kier alpha value is -3.39. The van der Waals surface area contributed by atoms with Crippen LogP contribution in [0.3, 0.4) is 0 Å². The number of aromatic hydroxyl groups is 1. The van der Waals surface area contributed by atoms with Crippen LogP contribution in [-0.2, 0) is 0 Å². The minimum atomic E-state index is -0.0620. The predicted octanol–water partition coefficient (Wildman–Crippen LogP) is 5.39. The highest BCUT2D eigenvalue weighted by molar-refractivity contribution is 7.22. The van der Waals surface area contributed by atoms with E-state index in [9.17, 15) is 9.90 Å². The van der Waals surface area contributed by atoms with E-state index in [0.29, 0.717) is 24.3 Å². The number of thiophene rings is 1. The van der Waals surface area contributed by atoms with Crippen LogP contribution in [0, 0.1) is 0 Å². The normalized spacial score (nSPS) is 11.4. The van der Waals surface area contributed by atoms with Crippen molar-refractivity contribution in [1.29, 1.82) is 0 Å². The molecule has 7 heteroatoms. The first kappa shape index (κ1) is 25.7. The van der Waals surface area contributed by atoms with Crippen LogP contribution in [0.25, 0.3) is 20.5 Å². The Balaban J connectivity index is 1.63. The summed E-state index contributed by atoms with van der Waals surface area (Å²) in [6.07, 6.45) is 0. The Morgan fingerprint density at radius 3 is 1.92 bits per heavy atom. The maximum Gasteiger partial charge on any atom is 0.195 e. The van der Waals surface area contributed by atoms with E-state index in [-0.39, 0.29) is 11.5 Å². The molecule has 4 rings (SSSR count). The van der Waals surface area contributed by atoms with E-state index < -0.39 is 0 Å². The van der Waals surface area contributed by atoms with Crippen LogP contribution < -0.4 is 9.47 Å². The molecule has 1 N–H and O–H groups in total. The fourth-order valence-corrected chi connectivity index (χ4v) is 4.99. The second kappa shape index (κ2) is 11.6. The van der Waals surface area contributed by atoms with Crippen molar-refractivity contribution in [2.75, 3.05) is 54.5 Å². The van der Waals surface area contributed by atoms with Crippen molar-refractivity contribution in [2.45, 2.75) is 0 Å². The summed E-state index contributed by atoms with van der Waals surface area (Å²) in [5.74, 6) is 1.64. The zero-order chi connectivity index (χ0) is 25.7. The van der Waals surface area contributed by atoms with Crippen molar-refractivity contribution in [3.8, 4) is 27.7 Å². The van der Waals surface area contributed by atoms with Gasteiger partial charge in [0.1, 0.15) is 30.5 Å². The van der Waals surface area contributed by atoms with Crippen molar-refractivity contribution in [2.24, 2.45) is 0 Å². The molecule has 188 valence electrons. The maximum absolute atomic E-state index is 13.8. The predicted molar refractivity (Wildman–Crippen MR) is 147 cm³/mol. The van der Waals surface area contributed by atoms with Crippen molar-refractivity contribution < 1.29 is 19.4 Å². The summed E-state index contributed by atoms with van der Waals surface area (Å²) in [4.78, 5) is 18.7. The van der Waals surface area contributed by atoms with Crippen LogP contribution in [0.2, 0.25) is 0 Å². The Labute approximate surface area is 216 Å². The fourth-order valence-electron chi connectivity index (χ4n) is 3.76. The van der Waals surface area contributed by atoms with Gasteiger partial charge in [-0.05, 0) is 100 Å². The van der Waals surface area contributed by atoms with Crippen LogP contribution in [-0.4, -0.2) is 75.2 Å². The zero-order valence-corrected chi connectivity index (χ0v) is 22.0. The molecular weight excluding hydrogens is 472 g/mol. The second-order valence-corrected chi connectivity index (χ2v) is 10.2. The lowest BCUT2D eigenvalue weighted by Gasteiger charge is -2.12. The number of ketones is 1. The number of fused-ring (bicyclic) bond motifs is 1. The van der Waals surface area contributed by atoms with Crippen molar-refractivity contribution in [1.82, 2.24) is 9.80 Å². The summed E-state index contributed by atoms with van der Waals surface area (Å²) in [6, 6.07) is 20.3. The molecule has 0 bridgehead atoms. The maximum atomic E-state index is 13.8. The molecule has 0 fully saturated rings. The quantitative estimate of drug-likeness (QED) is 0.277. The van der Waals surface area contributed by atoms with Gasteiger partial charge in [0.05, 0.1) is 0 Å². The molecular formula is C29H32N2O4S. The van der Waals surface area contributed by atoms with Crippen molar-refractivity contribution in [3.05, 3.63) is 77.9 Å². The van der Waals surface area contributed by atoms with Gasteiger partial charge in [-0.25, -0.2) is 0 Å². The first-order valence-electron chi connectivity index (χ1n) is 11.9. The van der Waals surface area contributed by atoms with E-state index in [1.54, 1.807) is 12.1 Å². The summed E-state index contributed by atoms with van der Waals surface area (Å²) >= 11 is 1.50. The van der Waals surface area contributed by atoms with Crippen molar-refractivity contribution in [3.63, 3.8) is 0 Å². The number of rotatable bonds is 11. The minimum Gasteiger partial charge on any atom is -0.508 e. The smallest absolute Gasteiger partial charge is 0.195 e. The number of phenolic OH excluding ortho intramolecular Hbond substituents is 1. The van der Waals surface area contributed by atoms with Gasteiger partial charge in [0.15, 0.2) is 5.78 Å². The van der Waals surface area contributed by atoms with Gasteiger partial charge < -0.3 is 24.4 Å². The molecule has 3 aromatic carbocycles. The van der Waals surface area contributed by atoms with E-state index in [0.717, 1.165) is 45.1 Å². The van der Waals surface area contributed by atoms with Gasteiger partial charge in [-0.3, -0.25) is 4.79 Å². The Morgan fingerprint density at radius 2 is 1.36 bits per heavy atom. The summed E-state index contributed by atoms with van der Waals surface area (Å²) in [6.45, 7) is 2.84. The van der Waals surface area contributed by atoms with E-state index in [2.05, 4.69) is 9.80 Å². The lowest BCUT2D eigenvalue weighted by molar-refractivity contribution is 0.104. The number of likely N-dealkylation sites (N-methyl/N-ethyl adjacent to an activating group) is 2. The van der Waals surface area contributed by atoms with Gasteiger partial charge in [-0.15, -0.1) is 11.3 Å². The third-order valence-electron chi connectivity index (χ3n) is 5.75. The molecule has 0 saturated carbocycles. The van der Waals surface area contributed by atoms with Crippen LogP contribution in [0.15, 0.2) is 66.7 Å². The van der Waals surface area contributed by atoms with Gasteiger partial charge in [0.2, 0.25) is 0 Å². The largest absolute Gasteiger partial charge is 0.508 e. The van der Waals surface area contributed by atoms with Crippen LogP contribution in [0.4, 0.5) is 0 Å². The highest BCUT2D eigenvalue weighted by Gasteiger charge is 2.22. The molecule has 0 aliphatic carbocycles. The van der Waals surface area contributed by atoms with Crippen LogP contribution >= 0.6 is 11.3 Å². The van der Waals surface area contributed by atoms with Crippen molar-refractivity contribution >= 4 is 27.2 Å². The average molecular weight is 505 g/mol. The number of carbonyl (C=O) groups is 1. The molecule has 0 amide bonds. The molecule has 0 saturated heterocycles. The Morgan fingerprint density at radius 1 is 0.806 bits per heavy atom. The number of hydrogen-bond donors (Lipinski definition) is 1. The van der Waals surface area contributed by atoms with E-state index in [4.69, 9.17) is 9.47 Å². The molecule has 1 aromatic heterocycles. The fraction of sp³-hybridized carbons (Fsp3) is 0.276. The molecule has 0 unspecified atom stereocenters. The van der Waals surface area contributed by atoms with E-state index in [1.165, 1.54) is 11.3 Å². The molecule has 36 heavy (non-hydrogen) atoms. The average Bonchev–Trinajstić information content (AvgIpc) is 3.22. The molecule has 0 aliphatic rings. The molecule has 1 heterocycles. The summed E-state index contributed by atoms with van der Waals surface area (Å²) < 4.78 is 12.5. The monoisotopic (exact) mass is 504 g/mol. The zero-order valence-electron chi connectivity index (χ0n) is 21.2. The van der Waals surface area contributed by atoms with Crippen LogP contribution in [0.5, 0.6) is 17.2 Å². The number of phenols is 1. The summed E-state index contributed by atoms with van der Waals surface area (Å²) in [5.41, 5.74) is 2.16. The van der Waals surface area contributed by atoms with Gasteiger partial charge in [-0.1, -0.05) is 0 Å². The topological polar surface area (TPSA) is 62.2 Å². The van der Waals surface area contributed by atoms with Gasteiger partial charge >= 0.3 is 0 Å². The lowest BCUT2D eigenvalue weighted by Crippen LogP contribution is -2.19. The number of nitrogens with zero attached hydrogens (tertiary/aromatic N) is 2. The Kier molecular flexibility index (Phi) is 8.25. The summed E-state index contributed by atoms with van der Waals surface area (Å²) in [7, 11) is 8.02. The lowest BCUT2D eigenvalue weighted by atomic mass is 9.97. The highest BCUT2D eigenvalue weighted by atomic mass is 32.1. The molecule has 0 aliphatic heterocycles. The SMILES string of the molecule is CN(C)CCOc1ccc(C(=O)c2c(-c3ccc(OCCN(C)C)cc3)sc3cc(O)ccc23)cc1. The third-order valence-corrected chi connectivity index (χ3v) is 6.95. The number of ether oxygens (including phenoxy) is 2. The Bertz CT molecular complexity index is 1310. The first-order chi connectivity index (χ1) is 17.3. The first-order valence-corrected chi connectivity index (χ1v) is 12.7. The van der Waals surface area contributed by atoms with E-state index in [1.807, 2.05) is 82.8 Å². The molecule has 6 nitrogen and oxygen atoms in total.